The summed E-state index contributed by atoms with van der Waals surface area (Å²) >= 11 is 5.88. The maximum absolute atomic E-state index is 11.5. The van der Waals surface area contributed by atoms with E-state index in [1.54, 1.807) is 0 Å². The smallest absolute Gasteiger partial charge is 0.227 e. The molecule has 0 radical (unpaired) electrons. The fraction of sp³-hybridized carbons (Fsp3) is 0.364. The summed E-state index contributed by atoms with van der Waals surface area (Å²) in [5.41, 5.74) is 7.62. The maximum Gasteiger partial charge on any atom is 0.227 e. The first-order chi connectivity index (χ1) is 7.22. The minimum absolute atomic E-state index is 0.0548. The maximum atomic E-state index is 11.5. The summed E-state index contributed by atoms with van der Waals surface area (Å²) in [6, 6.07) is 5.55. The van der Waals surface area contributed by atoms with E-state index >= 15 is 0 Å². The fourth-order valence-corrected chi connectivity index (χ4v) is 2.18. The lowest BCUT2D eigenvalue weighted by Gasteiger charge is -2.12. The van der Waals surface area contributed by atoms with Crippen molar-refractivity contribution in [2.24, 2.45) is 5.73 Å². The standard InChI is InChI=1S/C11H13ClN2O/c12-8-1-2-9(7(5-8)6-13)10-3-4-14-11(10)15/h1-2,5,10H,3-4,6,13H2,(H,14,15). The van der Waals surface area contributed by atoms with Crippen molar-refractivity contribution in [1.82, 2.24) is 5.32 Å². The van der Waals surface area contributed by atoms with Crippen LogP contribution in [0.15, 0.2) is 18.2 Å². The van der Waals surface area contributed by atoms with Gasteiger partial charge in [0.1, 0.15) is 0 Å². The highest BCUT2D eigenvalue weighted by Crippen LogP contribution is 2.28. The SMILES string of the molecule is NCc1cc(Cl)ccc1C1CCNC1=O. The number of halogens is 1. The normalized spacial score (nSPS) is 20.4. The zero-order valence-electron chi connectivity index (χ0n) is 8.29. The van der Waals surface area contributed by atoms with Crippen LogP contribution in [-0.4, -0.2) is 12.5 Å². The van der Waals surface area contributed by atoms with Gasteiger partial charge in [-0.25, -0.2) is 0 Å². The summed E-state index contributed by atoms with van der Waals surface area (Å²) in [5.74, 6) is 0.0350. The predicted octanol–water partition coefficient (Wildman–Crippen LogP) is 1.40. The van der Waals surface area contributed by atoms with E-state index in [2.05, 4.69) is 5.32 Å². The number of hydrogen-bond donors (Lipinski definition) is 2. The van der Waals surface area contributed by atoms with Gasteiger partial charge in [0.15, 0.2) is 0 Å². The third-order valence-corrected chi connectivity index (χ3v) is 2.98. The summed E-state index contributed by atoms with van der Waals surface area (Å²) in [6.45, 7) is 1.16. The molecule has 1 unspecified atom stereocenters. The van der Waals surface area contributed by atoms with Crippen LogP contribution in [-0.2, 0) is 11.3 Å². The van der Waals surface area contributed by atoms with E-state index in [0.717, 1.165) is 24.1 Å². The average molecular weight is 225 g/mol. The molecule has 1 fully saturated rings. The highest BCUT2D eigenvalue weighted by atomic mass is 35.5. The number of nitrogens with two attached hydrogens (primary N) is 1. The molecule has 1 atom stereocenters. The van der Waals surface area contributed by atoms with E-state index in [9.17, 15) is 4.79 Å². The Kier molecular flexibility index (Phi) is 2.93. The summed E-state index contributed by atoms with van der Waals surface area (Å²) in [7, 11) is 0. The highest BCUT2D eigenvalue weighted by molar-refractivity contribution is 6.30. The van der Waals surface area contributed by atoms with Gasteiger partial charge in [-0.05, 0) is 29.7 Å². The van der Waals surface area contributed by atoms with E-state index in [1.165, 1.54) is 0 Å². The Balaban J connectivity index is 2.38. The van der Waals surface area contributed by atoms with Gasteiger partial charge in [-0.3, -0.25) is 4.79 Å². The average Bonchev–Trinajstić information content (AvgIpc) is 2.64. The molecule has 1 aromatic rings. The Bertz CT molecular complexity index is 392. The van der Waals surface area contributed by atoms with Crippen LogP contribution in [0.2, 0.25) is 5.02 Å². The van der Waals surface area contributed by atoms with Crippen molar-refractivity contribution in [3.63, 3.8) is 0 Å². The third-order valence-electron chi connectivity index (χ3n) is 2.75. The highest BCUT2D eigenvalue weighted by Gasteiger charge is 2.27. The molecule has 1 aliphatic heterocycles. The molecule has 0 bridgehead atoms. The van der Waals surface area contributed by atoms with Gasteiger partial charge in [0.25, 0.3) is 0 Å². The summed E-state index contributed by atoms with van der Waals surface area (Å²) in [6.07, 6.45) is 0.841. The molecule has 0 saturated carbocycles. The molecular weight excluding hydrogens is 212 g/mol. The third kappa shape index (κ3) is 1.98. The molecule has 3 nitrogen and oxygen atoms in total. The quantitative estimate of drug-likeness (QED) is 0.798. The van der Waals surface area contributed by atoms with Crippen LogP contribution in [0.4, 0.5) is 0 Å². The second-order valence-corrected chi connectivity index (χ2v) is 4.12. The van der Waals surface area contributed by atoms with Gasteiger partial charge in [-0.15, -0.1) is 0 Å². The first kappa shape index (κ1) is 10.5. The molecule has 1 aliphatic rings. The number of amides is 1. The van der Waals surface area contributed by atoms with Gasteiger partial charge < -0.3 is 11.1 Å². The molecule has 0 aromatic heterocycles. The van der Waals surface area contributed by atoms with Gasteiger partial charge in [0, 0.05) is 18.1 Å². The number of hydrogen-bond acceptors (Lipinski definition) is 2. The number of carbonyl (C=O) groups is 1. The van der Waals surface area contributed by atoms with Crippen LogP contribution in [0.1, 0.15) is 23.5 Å². The van der Waals surface area contributed by atoms with Crippen molar-refractivity contribution < 1.29 is 4.79 Å². The van der Waals surface area contributed by atoms with Gasteiger partial charge in [-0.2, -0.15) is 0 Å². The lowest BCUT2D eigenvalue weighted by molar-refractivity contribution is -0.120. The minimum Gasteiger partial charge on any atom is -0.356 e. The molecule has 2 rings (SSSR count). The van der Waals surface area contributed by atoms with Gasteiger partial charge in [0.05, 0.1) is 5.92 Å². The second-order valence-electron chi connectivity index (χ2n) is 3.68. The van der Waals surface area contributed by atoms with Crippen LogP contribution < -0.4 is 11.1 Å². The second kappa shape index (κ2) is 4.21. The molecule has 1 heterocycles. The first-order valence-electron chi connectivity index (χ1n) is 4.98. The largest absolute Gasteiger partial charge is 0.356 e. The van der Waals surface area contributed by atoms with Crippen molar-refractivity contribution in [2.75, 3.05) is 6.54 Å². The Morgan fingerprint density at radius 1 is 1.53 bits per heavy atom. The molecular formula is C11H13ClN2O. The van der Waals surface area contributed by atoms with Crippen molar-refractivity contribution in [1.29, 1.82) is 0 Å². The molecule has 4 heteroatoms. The number of nitrogens with one attached hydrogen (secondary N) is 1. The zero-order chi connectivity index (χ0) is 10.8. The van der Waals surface area contributed by atoms with Gasteiger partial charge in [0.2, 0.25) is 5.91 Å². The Labute approximate surface area is 93.6 Å². The number of carbonyl (C=O) groups excluding carboxylic acids is 1. The lowest BCUT2D eigenvalue weighted by atomic mass is 9.93. The monoisotopic (exact) mass is 224 g/mol. The van der Waals surface area contributed by atoms with Crippen molar-refractivity contribution in [3.8, 4) is 0 Å². The van der Waals surface area contributed by atoms with Crippen LogP contribution in [0.25, 0.3) is 0 Å². The summed E-state index contributed by atoms with van der Waals surface area (Å²) < 4.78 is 0. The van der Waals surface area contributed by atoms with Crippen molar-refractivity contribution >= 4 is 17.5 Å². The minimum atomic E-state index is -0.0548. The Morgan fingerprint density at radius 3 is 2.93 bits per heavy atom. The number of rotatable bonds is 2. The summed E-state index contributed by atoms with van der Waals surface area (Å²) in [5, 5.41) is 3.49. The van der Waals surface area contributed by atoms with E-state index in [1.807, 2.05) is 18.2 Å². The van der Waals surface area contributed by atoms with E-state index in [0.29, 0.717) is 11.6 Å². The molecule has 1 aromatic carbocycles. The van der Waals surface area contributed by atoms with Crippen LogP contribution in [0, 0.1) is 0 Å². The van der Waals surface area contributed by atoms with Crippen molar-refractivity contribution in [3.05, 3.63) is 34.3 Å². The molecule has 0 spiro atoms. The van der Waals surface area contributed by atoms with Crippen molar-refractivity contribution in [2.45, 2.75) is 18.9 Å². The molecule has 80 valence electrons. The summed E-state index contributed by atoms with van der Waals surface area (Å²) in [4.78, 5) is 11.5. The zero-order valence-corrected chi connectivity index (χ0v) is 9.05. The van der Waals surface area contributed by atoms with E-state index in [4.69, 9.17) is 17.3 Å². The first-order valence-corrected chi connectivity index (χ1v) is 5.36. The molecule has 3 N–H and O–H groups in total. The van der Waals surface area contributed by atoms with Gasteiger partial charge in [-0.1, -0.05) is 17.7 Å². The van der Waals surface area contributed by atoms with E-state index in [-0.39, 0.29) is 11.8 Å². The molecule has 15 heavy (non-hydrogen) atoms. The molecule has 1 amide bonds. The lowest BCUT2D eigenvalue weighted by Crippen LogP contribution is -2.19. The Morgan fingerprint density at radius 2 is 2.33 bits per heavy atom. The van der Waals surface area contributed by atoms with Gasteiger partial charge >= 0.3 is 0 Å². The van der Waals surface area contributed by atoms with Crippen LogP contribution in [0.3, 0.4) is 0 Å². The van der Waals surface area contributed by atoms with Crippen LogP contribution in [0.5, 0.6) is 0 Å². The fourth-order valence-electron chi connectivity index (χ4n) is 1.98. The predicted molar refractivity (Wildman–Crippen MR) is 59.7 cm³/mol. The molecule has 0 aliphatic carbocycles. The Hall–Kier alpha value is -1.06. The number of benzene rings is 1. The topological polar surface area (TPSA) is 55.1 Å². The molecule has 1 saturated heterocycles. The van der Waals surface area contributed by atoms with E-state index < -0.39 is 0 Å². The van der Waals surface area contributed by atoms with Crippen LogP contribution >= 0.6 is 11.6 Å².